The van der Waals surface area contributed by atoms with E-state index in [1.165, 1.54) is 5.56 Å². The monoisotopic (exact) mass is 399 g/mol. The molecule has 1 aliphatic rings. The topological polar surface area (TPSA) is 68.2 Å². The maximum atomic E-state index is 11.7. The molecule has 1 aliphatic heterocycles. The third kappa shape index (κ3) is 4.48. The van der Waals surface area contributed by atoms with Crippen LogP contribution >= 0.6 is 0 Å². The molecular formula is C23H29NO5. The second kappa shape index (κ2) is 9.18. The van der Waals surface area contributed by atoms with Gasteiger partial charge in [0.25, 0.3) is 0 Å². The van der Waals surface area contributed by atoms with Crippen molar-refractivity contribution in [2.45, 2.75) is 25.8 Å². The Kier molecular flexibility index (Phi) is 6.64. The summed E-state index contributed by atoms with van der Waals surface area (Å²) in [6.07, 6.45) is 1.55. The summed E-state index contributed by atoms with van der Waals surface area (Å²) in [5.74, 6) is 0.787. The molecule has 0 aromatic heterocycles. The Bertz CT molecular complexity index is 849. The highest BCUT2D eigenvalue weighted by atomic mass is 16.5. The molecule has 6 nitrogen and oxygen atoms in total. The normalized spacial score (nSPS) is 18.1. The molecule has 2 aromatic rings. The molecule has 1 N–H and O–H groups in total. The smallest absolute Gasteiger partial charge is 0.307 e. The van der Waals surface area contributed by atoms with E-state index >= 15 is 0 Å². The summed E-state index contributed by atoms with van der Waals surface area (Å²) in [6, 6.07) is 12.0. The van der Waals surface area contributed by atoms with Crippen LogP contribution in [0, 0.1) is 12.8 Å². The number of rotatable bonds is 7. The van der Waals surface area contributed by atoms with E-state index in [4.69, 9.17) is 14.2 Å². The van der Waals surface area contributed by atoms with Gasteiger partial charge in [0.2, 0.25) is 0 Å². The van der Waals surface area contributed by atoms with Crippen molar-refractivity contribution in [2.75, 3.05) is 34.4 Å². The van der Waals surface area contributed by atoms with Gasteiger partial charge in [0.15, 0.2) is 11.5 Å². The lowest BCUT2D eigenvalue weighted by Gasteiger charge is -2.38. The van der Waals surface area contributed by atoms with Crippen molar-refractivity contribution in [2.24, 2.45) is 5.92 Å². The van der Waals surface area contributed by atoms with Crippen molar-refractivity contribution in [3.63, 3.8) is 0 Å². The molecule has 1 heterocycles. The van der Waals surface area contributed by atoms with Crippen molar-refractivity contribution < 1.29 is 24.1 Å². The summed E-state index contributed by atoms with van der Waals surface area (Å²) < 4.78 is 16.7. The second-order valence-electron chi connectivity index (χ2n) is 7.43. The van der Waals surface area contributed by atoms with Crippen molar-refractivity contribution in [1.29, 1.82) is 0 Å². The number of carbonyl (C=O) groups is 1. The van der Waals surface area contributed by atoms with Crippen molar-refractivity contribution >= 4 is 5.97 Å². The maximum absolute atomic E-state index is 11.7. The molecule has 0 spiro atoms. The summed E-state index contributed by atoms with van der Waals surface area (Å²) in [5.41, 5.74) is 3.20. The second-order valence-corrected chi connectivity index (χ2v) is 7.43. The first-order valence-corrected chi connectivity index (χ1v) is 9.81. The number of methoxy groups -OCH3 is 3. The van der Waals surface area contributed by atoms with Gasteiger partial charge in [0.1, 0.15) is 5.75 Å². The van der Waals surface area contributed by atoms with Crippen molar-refractivity contribution in [3.05, 3.63) is 53.1 Å². The molecule has 0 saturated carbocycles. The minimum absolute atomic E-state index is 0.146. The van der Waals surface area contributed by atoms with Gasteiger partial charge in [0, 0.05) is 18.2 Å². The molecule has 0 amide bonds. The van der Waals surface area contributed by atoms with E-state index in [1.807, 2.05) is 12.1 Å². The van der Waals surface area contributed by atoms with Crippen LogP contribution in [0.25, 0.3) is 0 Å². The average Bonchev–Trinajstić information content (AvgIpc) is 2.75. The van der Waals surface area contributed by atoms with Crippen LogP contribution in [0.3, 0.4) is 0 Å². The summed E-state index contributed by atoms with van der Waals surface area (Å²) in [4.78, 5) is 13.9. The lowest BCUT2D eigenvalue weighted by Crippen LogP contribution is -2.41. The van der Waals surface area contributed by atoms with E-state index in [-0.39, 0.29) is 12.0 Å². The van der Waals surface area contributed by atoms with Gasteiger partial charge < -0.3 is 19.3 Å². The van der Waals surface area contributed by atoms with Gasteiger partial charge in [-0.3, -0.25) is 9.69 Å². The Balaban J connectivity index is 2.13. The molecule has 156 valence electrons. The van der Waals surface area contributed by atoms with E-state index in [0.717, 1.165) is 24.1 Å². The van der Waals surface area contributed by atoms with Crippen LogP contribution in [0.15, 0.2) is 36.4 Å². The lowest BCUT2D eigenvalue weighted by atomic mass is 9.90. The number of benzene rings is 2. The maximum Gasteiger partial charge on any atom is 0.307 e. The number of aliphatic carboxylic acids is 1. The Morgan fingerprint density at radius 2 is 1.66 bits per heavy atom. The number of nitrogens with zero attached hydrogens (tertiary/aromatic N) is 1. The predicted octanol–water partition coefficient (Wildman–Crippen LogP) is 3.91. The number of hydrogen-bond donors (Lipinski definition) is 1. The highest BCUT2D eigenvalue weighted by Gasteiger charge is 2.33. The highest BCUT2D eigenvalue weighted by Crippen LogP contribution is 2.42. The molecule has 2 unspecified atom stereocenters. The summed E-state index contributed by atoms with van der Waals surface area (Å²) >= 11 is 0. The fraction of sp³-hybridized carbons (Fsp3) is 0.435. The molecular weight excluding hydrogens is 370 g/mol. The standard InChI is InChI=1S/C23H29NO5/c1-15-7-9-16(10-8-15)22(24-11-5-6-17(14-24)23(25)26)18-12-20(28-3)21(29-4)13-19(18)27-2/h7-10,12-13,17,22H,5-6,11,14H2,1-4H3,(H,25,26). The first-order chi connectivity index (χ1) is 14.0. The van der Waals surface area contributed by atoms with Crippen molar-refractivity contribution in [3.8, 4) is 17.2 Å². The number of likely N-dealkylation sites (tertiary alicyclic amines) is 1. The van der Waals surface area contributed by atoms with Gasteiger partial charge in [-0.05, 0) is 37.9 Å². The van der Waals surface area contributed by atoms with Crippen LogP contribution < -0.4 is 14.2 Å². The Labute approximate surface area is 172 Å². The number of piperidine rings is 1. The van der Waals surface area contributed by atoms with Gasteiger partial charge in [-0.2, -0.15) is 0 Å². The lowest BCUT2D eigenvalue weighted by molar-refractivity contribution is -0.143. The van der Waals surface area contributed by atoms with Crippen molar-refractivity contribution in [1.82, 2.24) is 4.90 Å². The van der Waals surface area contributed by atoms with E-state index < -0.39 is 5.97 Å². The zero-order valence-corrected chi connectivity index (χ0v) is 17.5. The molecule has 29 heavy (non-hydrogen) atoms. The molecule has 2 atom stereocenters. The SMILES string of the molecule is COc1cc(OC)c(C(c2ccc(C)cc2)N2CCCC(C(=O)O)C2)cc1OC. The molecule has 0 radical (unpaired) electrons. The van der Waals surface area contributed by atoms with Crippen LogP contribution in [0.4, 0.5) is 0 Å². The first-order valence-electron chi connectivity index (χ1n) is 9.81. The Morgan fingerprint density at radius 3 is 2.24 bits per heavy atom. The van der Waals surface area contributed by atoms with Gasteiger partial charge >= 0.3 is 5.97 Å². The zero-order valence-electron chi connectivity index (χ0n) is 17.5. The van der Waals surface area contributed by atoms with Crippen LogP contribution in [0.1, 0.15) is 35.6 Å². The molecule has 0 aliphatic carbocycles. The van der Waals surface area contributed by atoms with Crippen LogP contribution in [0.5, 0.6) is 17.2 Å². The molecule has 1 fully saturated rings. The summed E-state index contributed by atoms with van der Waals surface area (Å²) in [5, 5.41) is 9.58. The third-order valence-electron chi connectivity index (χ3n) is 5.59. The van der Waals surface area contributed by atoms with Crippen LogP contribution in [-0.2, 0) is 4.79 Å². The number of aryl methyl sites for hydroxylation is 1. The number of hydrogen-bond acceptors (Lipinski definition) is 5. The summed E-state index contributed by atoms with van der Waals surface area (Å²) in [6.45, 7) is 3.36. The fourth-order valence-corrected chi connectivity index (χ4v) is 4.04. The number of ether oxygens (including phenoxy) is 3. The Morgan fingerprint density at radius 1 is 1.03 bits per heavy atom. The quantitative estimate of drug-likeness (QED) is 0.761. The van der Waals surface area contributed by atoms with E-state index in [2.05, 4.69) is 36.1 Å². The third-order valence-corrected chi connectivity index (χ3v) is 5.59. The van der Waals surface area contributed by atoms with E-state index in [0.29, 0.717) is 30.2 Å². The van der Waals surface area contributed by atoms with E-state index in [9.17, 15) is 9.90 Å². The van der Waals surface area contributed by atoms with Crippen LogP contribution in [0.2, 0.25) is 0 Å². The summed E-state index contributed by atoms with van der Waals surface area (Å²) in [7, 11) is 4.83. The van der Waals surface area contributed by atoms with Gasteiger partial charge in [-0.25, -0.2) is 0 Å². The molecule has 0 bridgehead atoms. The van der Waals surface area contributed by atoms with E-state index in [1.54, 1.807) is 21.3 Å². The number of carboxylic acids is 1. The molecule has 3 rings (SSSR count). The highest BCUT2D eigenvalue weighted by molar-refractivity contribution is 5.70. The van der Waals surface area contributed by atoms with Gasteiger partial charge in [-0.1, -0.05) is 29.8 Å². The van der Waals surface area contributed by atoms with Crippen LogP contribution in [-0.4, -0.2) is 50.4 Å². The predicted molar refractivity (Wildman–Crippen MR) is 111 cm³/mol. The largest absolute Gasteiger partial charge is 0.496 e. The number of carboxylic acid groups (broad SMARTS) is 1. The molecule has 2 aromatic carbocycles. The zero-order chi connectivity index (χ0) is 21.0. The minimum Gasteiger partial charge on any atom is -0.496 e. The van der Waals surface area contributed by atoms with Gasteiger partial charge in [-0.15, -0.1) is 0 Å². The Hall–Kier alpha value is -2.73. The molecule has 1 saturated heterocycles. The fourth-order valence-electron chi connectivity index (χ4n) is 4.04. The molecule has 6 heteroatoms. The average molecular weight is 399 g/mol. The minimum atomic E-state index is -0.739. The first kappa shape index (κ1) is 21.0. The van der Waals surface area contributed by atoms with Gasteiger partial charge in [0.05, 0.1) is 33.3 Å².